The summed E-state index contributed by atoms with van der Waals surface area (Å²) >= 11 is 1.66. The van der Waals surface area contributed by atoms with Crippen molar-refractivity contribution >= 4 is 28.3 Å². The van der Waals surface area contributed by atoms with Gasteiger partial charge < -0.3 is 0 Å². The van der Waals surface area contributed by atoms with Gasteiger partial charge in [0.1, 0.15) is 10.8 Å². The number of hydrogen-bond acceptors (Lipinski definition) is 2. The zero-order chi connectivity index (χ0) is 15.8. The first-order valence-corrected chi connectivity index (χ1v) is 9.69. The molecular formula is C15H23N4OS2+. The van der Waals surface area contributed by atoms with Gasteiger partial charge in [0.2, 0.25) is 5.91 Å². The molecule has 0 radical (unpaired) electrons. The van der Waals surface area contributed by atoms with Crippen LogP contribution >= 0.6 is 22.4 Å². The number of amides is 1. The van der Waals surface area contributed by atoms with Gasteiger partial charge in [0, 0.05) is 11.8 Å². The molecule has 22 heavy (non-hydrogen) atoms. The second-order valence-electron chi connectivity index (χ2n) is 4.94. The Morgan fingerprint density at radius 2 is 2.09 bits per heavy atom. The smallest absolute Gasteiger partial charge is 0.238 e. The summed E-state index contributed by atoms with van der Waals surface area (Å²) in [6.07, 6.45) is 3.62. The summed E-state index contributed by atoms with van der Waals surface area (Å²) in [5.41, 5.74) is 2.74. The molecule has 1 aromatic heterocycles. The van der Waals surface area contributed by atoms with Crippen molar-refractivity contribution in [2.45, 2.75) is 48.8 Å². The van der Waals surface area contributed by atoms with Crippen molar-refractivity contribution in [2.75, 3.05) is 5.43 Å². The van der Waals surface area contributed by atoms with Gasteiger partial charge >= 0.3 is 0 Å². The Morgan fingerprint density at radius 1 is 1.32 bits per heavy atom. The number of H-pyrrole nitrogens is 2. The molecule has 1 amide bonds. The van der Waals surface area contributed by atoms with E-state index < -0.39 is 0 Å². The van der Waals surface area contributed by atoms with E-state index in [1.807, 2.05) is 18.2 Å². The monoisotopic (exact) mass is 339 g/mol. The standard InChI is InChI=1S/C15H22N4OS2/c1-3-4-8-11-22-12-15(17-19(18-22)16-13(2)20)21-14-9-6-5-7-10-14/h5-7,9-10,12,17-18H,3-4,8,11H2,1-2H3/p+1. The second kappa shape index (κ2) is 8.75. The lowest BCUT2D eigenvalue weighted by Gasteiger charge is -2.08. The highest BCUT2D eigenvalue weighted by Gasteiger charge is 2.10. The molecule has 0 aliphatic rings. The van der Waals surface area contributed by atoms with Crippen LogP contribution in [0.3, 0.4) is 0 Å². The first-order valence-electron chi connectivity index (χ1n) is 7.42. The fraction of sp³-hybridized carbons (Fsp3) is 0.400. The van der Waals surface area contributed by atoms with Crippen molar-refractivity contribution in [3.05, 3.63) is 35.7 Å². The van der Waals surface area contributed by atoms with Crippen molar-refractivity contribution in [1.82, 2.24) is 14.5 Å². The highest BCUT2D eigenvalue weighted by atomic mass is 32.2. The summed E-state index contributed by atoms with van der Waals surface area (Å²) in [4.78, 5) is 14.0. The average Bonchev–Trinajstić information content (AvgIpc) is 2.47. The van der Waals surface area contributed by atoms with Crippen LogP contribution < -0.4 is 5.43 Å². The maximum Gasteiger partial charge on any atom is 0.238 e. The molecule has 0 saturated heterocycles. The van der Waals surface area contributed by atoms with Gasteiger partial charge in [-0.15, -0.1) is 0 Å². The van der Waals surface area contributed by atoms with E-state index in [0.717, 1.165) is 10.8 Å². The minimum absolute atomic E-state index is 0.0805. The van der Waals surface area contributed by atoms with Crippen LogP contribution in [-0.4, -0.2) is 20.4 Å². The molecule has 7 heteroatoms. The average molecular weight is 340 g/mol. The summed E-state index contributed by atoms with van der Waals surface area (Å²) in [5.74, 6) is 0.966. The molecule has 0 spiro atoms. The Bertz CT molecular complexity index is 622. The van der Waals surface area contributed by atoms with E-state index in [9.17, 15) is 4.79 Å². The molecule has 0 aliphatic heterocycles. The first-order chi connectivity index (χ1) is 10.7. The second-order valence-corrected chi connectivity index (χ2v) is 7.74. The van der Waals surface area contributed by atoms with Crippen molar-refractivity contribution in [2.24, 2.45) is 0 Å². The molecule has 2 rings (SSSR count). The Morgan fingerprint density at radius 3 is 2.77 bits per heavy atom. The van der Waals surface area contributed by atoms with Gasteiger partial charge in [0.15, 0.2) is 5.38 Å². The molecular weight excluding hydrogens is 316 g/mol. The lowest BCUT2D eigenvalue weighted by atomic mass is 10.3. The maximum atomic E-state index is 11.3. The van der Waals surface area contributed by atoms with E-state index in [1.54, 1.807) is 16.7 Å². The van der Waals surface area contributed by atoms with Crippen molar-refractivity contribution < 1.29 is 4.79 Å². The number of unbranched alkanes of at least 4 members (excludes halogenated alkanes) is 2. The largest absolute Gasteiger partial charge is 0.273 e. The minimum atomic E-state index is -0.108. The normalized spacial score (nSPS) is 11.3. The number of aryl methyl sites for hydroxylation is 1. The van der Waals surface area contributed by atoms with Crippen LogP contribution in [0.1, 0.15) is 33.1 Å². The molecule has 0 saturated carbocycles. The third-order valence-corrected chi connectivity index (χ3v) is 5.64. The third kappa shape index (κ3) is 5.65. The predicted octanol–water partition coefficient (Wildman–Crippen LogP) is 4.45. The first kappa shape index (κ1) is 16.8. The molecule has 5 nitrogen and oxygen atoms in total. The van der Waals surface area contributed by atoms with Crippen LogP contribution in [0.15, 0.2) is 45.6 Å². The summed E-state index contributed by atoms with van der Waals surface area (Å²) in [7, 11) is -0.0805. The Kier molecular flexibility index (Phi) is 6.67. The summed E-state index contributed by atoms with van der Waals surface area (Å²) in [6.45, 7) is 3.70. The summed E-state index contributed by atoms with van der Waals surface area (Å²) in [6, 6.07) is 10.2. The van der Waals surface area contributed by atoms with E-state index in [4.69, 9.17) is 0 Å². The van der Waals surface area contributed by atoms with Crippen LogP contribution in [-0.2, 0) is 10.5 Å². The Labute approximate surface area is 137 Å². The maximum absolute atomic E-state index is 11.3. The van der Waals surface area contributed by atoms with Gasteiger partial charge in [-0.3, -0.25) is 4.79 Å². The fourth-order valence-corrected chi connectivity index (χ4v) is 4.55. The predicted molar refractivity (Wildman–Crippen MR) is 93.4 cm³/mol. The van der Waals surface area contributed by atoms with Crippen LogP contribution in [0.25, 0.3) is 0 Å². The lowest BCUT2D eigenvalue weighted by molar-refractivity contribution is -0.115. The van der Waals surface area contributed by atoms with Gasteiger partial charge in [0.25, 0.3) is 0 Å². The molecule has 2 aromatic rings. The van der Waals surface area contributed by atoms with E-state index in [-0.39, 0.29) is 16.6 Å². The van der Waals surface area contributed by atoms with Crippen LogP contribution in [0, 0.1) is 0 Å². The van der Waals surface area contributed by atoms with Gasteiger partial charge in [-0.2, -0.15) is 0 Å². The van der Waals surface area contributed by atoms with Crippen molar-refractivity contribution in [1.29, 1.82) is 0 Å². The van der Waals surface area contributed by atoms with E-state index in [0.29, 0.717) is 0 Å². The quantitative estimate of drug-likeness (QED) is 0.515. The molecule has 1 aromatic carbocycles. The summed E-state index contributed by atoms with van der Waals surface area (Å²) in [5, 5.41) is 6.42. The minimum Gasteiger partial charge on any atom is -0.273 e. The van der Waals surface area contributed by atoms with E-state index >= 15 is 0 Å². The summed E-state index contributed by atoms with van der Waals surface area (Å²) < 4.78 is 3.29. The lowest BCUT2D eigenvalue weighted by Crippen LogP contribution is -2.25. The Hall–Kier alpha value is -1.60. The molecule has 1 heterocycles. The Balaban J connectivity index is 2.19. The number of nitrogens with zero attached hydrogens (tertiary/aromatic N) is 1. The SMILES string of the molecule is CCCCC[s+]1cc(Sc2ccccc2)[nH]n(NC(C)=O)[nH]1. The van der Waals surface area contributed by atoms with Crippen LogP contribution in [0.2, 0.25) is 0 Å². The molecule has 0 aliphatic carbocycles. The number of carbonyl (C=O) groups is 1. The van der Waals surface area contributed by atoms with Crippen molar-refractivity contribution in [3.63, 3.8) is 0 Å². The van der Waals surface area contributed by atoms with Crippen molar-refractivity contribution in [3.8, 4) is 0 Å². The van der Waals surface area contributed by atoms with E-state index in [2.05, 4.69) is 39.4 Å². The molecule has 1 unspecified atom stereocenters. The van der Waals surface area contributed by atoms with Gasteiger partial charge in [-0.1, -0.05) is 52.7 Å². The number of benzene rings is 1. The molecule has 1 atom stereocenters. The highest BCUT2D eigenvalue weighted by molar-refractivity contribution is 7.99. The van der Waals surface area contributed by atoms with Gasteiger partial charge in [0.05, 0.1) is 10.7 Å². The highest BCUT2D eigenvalue weighted by Crippen LogP contribution is 2.28. The number of nitrogens with one attached hydrogen (secondary N) is 3. The zero-order valence-corrected chi connectivity index (χ0v) is 14.6. The molecule has 0 bridgehead atoms. The molecule has 3 N–H and O–H groups in total. The number of aromatic amines is 2. The van der Waals surface area contributed by atoms with Gasteiger partial charge in [-0.05, 0) is 25.0 Å². The number of carbonyl (C=O) groups excluding carboxylic acids is 1. The number of hydrogen-bond donors (Lipinski definition) is 3. The number of rotatable bonds is 7. The third-order valence-electron chi connectivity index (χ3n) is 2.89. The molecule has 120 valence electrons. The zero-order valence-electron chi connectivity index (χ0n) is 13.0. The van der Waals surface area contributed by atoms with Crippen LogP contribution in [0.5, 0.6) is 0 Å². The van der Waals surface area contributed by atoms with Gasteiger partial charge in [-0.25, -0.2) is 10.5 Å². The van der Waals surface area contributed by atoms with Crippen LogP contribution in [0.4, 0.5) is 0 Å². The fourth-order valence-electron chi connectivity index (χ4n) is 1.91. The van der Waals surface area contributed by atoms with E-state index in [1.165, 1.54) is 31.1 Å². The topological polar surface area (TPSA) is 65.6 Å². The number of aromatic nitrogens is 3. The molecule has 0 fully saturated rings.